The maximum atomic E-state index is 11.7. The molecule has 6 heteroatoms. The molecule has 2 amide bonds. The van der Waals surface area contributed by atoms with Crippen LogP contribution in [0.2, 0.25) is 0 Å². The van der Waals surface area contributed by atoms with Crippen molar-refractivity contribution in [1.29, 1.82) is 0 Å². The molecule has 2 rings (SSSR count). The van der Waals surface area contributed by atoms with Gasteiger partial charge in [-0.1, -0.05) is 13.0 Å². The zero-order valence-electron chi connectivity index (χ0n) is 14.1. The third-order valence-electron chi connectivity index (χ3n) is 4.31. The zero-order valence-corrected chi connectivity index (χ0v) is 14.1. The van der Waals surface area contributed by atoms with E-state index < -0.39 is 0 Å². The number of aliphatic hydroxyl groups excluding tert-OH is 1. The summed E-state index contributed by atoms with van der Waals surface area (Å²) >= 11 is 0. The van der Waals surface area contributed by atoms with Crippen LogP contribution in [0, 0.1) is 5.92 Å². The minimum atomic E-state index is -0.222. The van der Waals surface area contributed by atoms with Gasteiger partial charge in [0.2, 0.25) is 0 Å². The number of rotatable bonds is 6. The van der Waals surface area contributed by atoms with Crippen molar-refractivity contribution in [3.8, 4) is 0 Å². The lowest BCUT2D eigenvalue weighted by Crippen LogP contribution is -2.40. The average Bonchev–Trinajstić information content (AvgIpc) is 2.54. The molecule has 0 saturated carbocycles. The molecule has 0 aliphatic carbocycles. The summed E-state index contributed by atoms with van der Waals surface area (Å²) in [6.45, 7) is 6.82. The van der Waals surface area contributed by atoms with Gasteiger partial charge in [0, 0.05) is 38.5 Å². The van der Waals surface area contributed by atoms with Crippen LogP contribution >= 0.6 is 0 Å². The molecule has 0 unspecified atom stereocenters. The van der Waals surface area contributed by atoms with E-state index in [1.54, 1.807) is 0 Å². The third kappa shape index (κ3) is 5.71. The van der Waals surface area contributed by atoms with Crippen LogP contribution in [-0.2, 0) is 6.54 Å². The van der Waals surface area contributed by atoms with Crippen molar-refractivity contribution in [2.24, 2.45) is 5.92 Å². The van der Waals surface area contributed by atoms with Gasteiger partial charge < -0.3 is 20.6 Å². The minimum Gasteiger partial charge on any atom is -0.396 e. The van der Waals surface area contributed by atoms with E-state index in [1.165, 1.54) is 12.8 Å². The van der Waals surface area contributed by atoms with E-state index in [9.17, 15) is 4.79 Å². The Kier molecular flexibility index (Phi) is 6.65. The van der Waals surface area contributed by atoms with Crippen LogP contribution in [0.25, 0.3) is 0 Å². The number of piperidine rings is 1. The van der Waals surface area contributed by atoms with Gasteiger partial charge in [0.1, 0.15) is 5.82 Å². The number of anilines is 1. The fraction of sp³-hybridized carbons (Fsp3) is 0.647. The van der Waals surface area contributed by atoms with Crippen molar-refractivity contribution >= 4 is 11.8 Å². The Morgan fingerprint density at radius 3 is 2.78 bits per heavy atom. The number of nitrogens with one attached hydrogen (secondary N) is 2. The van der Waals surface area contributed by atoms with Crippen molar-refractivity contribution in [3.63, 3.8) is 0 Å². The second-order valence-corrected chi connectivity index (χ2v) is 6.43. The normalized spacial score (nSPS) is 16.9. The van der Waals surface area contributed by atoms with E-state index >= 15 is 0 Å². The highest BCUT2D eigenvalue weighted by atomic mass is 16.3. The van der Waals surface area contributed by atoms with E-state index in [1.807, 2.05) is 25.3 Å². The Bertz CT molecular complexity index is 484. The fourth-order valence-corrected chi connectivity index (χ4v) is 2.67. The monoisotopic (exact) mass is 320 g/mol. The Balaban J connectivity index is 1.77. The van der Waals surface area contributed by atoms with Gasteiger partial charge in [0.25, 0.3) is 0 Å². The number of amides is 2. The van der Waals surface area contributed by atoms with Crippen molar-refractivity contribution < 1.29 is 9.90 Å². The molecule has 0 spiro atoms. The summed E-state index contributed by atoms with van der Waals surface area (Å²) in [5.74, 6) is 1.82. The van der Waals surface area contributed by atoms with Crippen LogP contribution in [0.5, 0.6) is 0 Å². The van der Waals surface area contributed by atoms with E-state index in [2.05, 4.69) is 27.4 Å². The lowest BCUT2D eigenvalue weighted by atomic mass is 9.99. The summed E-state index contributed by atoms with van der Waals surface area (Å²) in [4.78, 5) is 18.6. The second kappa shape index (κ2) is 8.72. The van der Waals surface area contributed by atoms with Crippen LogP contribution < -0.4 is 15.5 Å². The van der Waals surface area contributed by atoms with Crippen molar-refractivity contribution in [1.82, 2.24) is 15.6 Å². The molecule has 1 aliphatic rings. The lowest BCUT2D eigenvalue weighted by Gasteiger charge is -2.31. The van der Waals surface area contributed by atoms with Gasteiger partial charge in [0.15, 0.2) is 0 Å². The second-order valence-electron chi connectivity index (χ2n) is 6.43. The number of aromatic nitrogens is 1. The molecule has 1 aromatic rings. The number of urea groups is 1. The minimum absolute atomic E-state index is 0.0398. The first-order chi connectivity index (χ1) is 11.1. The predicted molar refractivity (Wildman–Crippen MR) is 91.4 cm³/mol. The molecule has 128 valence electrons. The molecule has 1 saturated heterocycles. The van der Waals surface area contributed by atoms with Crippen molar-refractivity contribution in [3.05, 3.63) is 23.9 Å². The summed E-state index contributed by atoms with van der Waals surface area (Å²) in [6, 6.07) is 3.78. The van der Waals surface area contributed by atoms with Gasteiger partial charge in [-0.25, -0.2) is 9.78 Å². The lowest BCUT2D eigenvalue weighted by molar-refractivity contribution is 0.230. The van der Waals surface area contributed by atoms with Gasteiger partial charge >= 0.3 is 6.03 Å². The molecular weight excluding hydrogens is 292 g/mol. The Hall–Kier alpha value is -1.82. The molecular formula is C17H28N4O2. The average molecular weight is 320 g/mol. The highest BCUT2D eigenvalue weighted by molar-refractivity contribution is 5.74. The first-order valence-corrected chi connectivity index (χ1v) is 8.43. The summed E-state index contributed by atoms with van der Waals surface area (Å²) in [5.41, 5.74) is 0.976. The van der Waals surface area contributed by atoms with E-state index in [0.717, 1.165) is 30.4 Å². The maximum Gasteiger partial charge on any atom is 0.315 e. The SMILES string of the molecule is CC1CCN(c2ccc(CNC(=O)N[C@H](C)CCO)cn2)CC1. The Morgan fingerprint density at radius 1 is 1.43 bits per heavy atom. The highest BCUT2D eigenvalue weighted by Gasteiger charge is 2.16. The standard InChI is InChI=1S/C17H28N4O2/c1-13-5-8-21(9-6-13)16-4-3-15(11-18-16)12-19-17(23)20-14(2)7-10-22/h3-4,11,13-14,22H,5-10,12H2,1-2H3,(H2,19,20,23)/t14-/m1/s1. The van der Waals surface area contributed by atoms with Crippen LogP contribution in [0.15, 0.2) is 18.3 Å². The van der Waals surface area contributed by atoms with Gasteiger partial charge in [-0.2, -0.15) is 0 Å². The zero-order chi connectivity index (χ0) is 16.7. The number of carbonyl (C=O) groups excluding carboxylic acids is 1. The van der Waals surface area contributed by atoms with E-state index in [4.69, 9.17) is 5.11 Å². The van der Waals surface area contributed by atoms with Gasteiger partial charge in [0.05, 0.1) is 0 Å². The molecule has 2 heterocycles. The van der Waals surface area contributed by atoms with Gasteiger partial charge in [-0.3, -0.25) is 0 Å². The molecule has 1 fully saturated rings. The molecule has 1 aromatic heterocycles. The molecule has 3 N–H and O–H groups in total. The number of aliphatic hydroxyl groups is 1. The molecule has 23 heavy (non-hydrogen) atoms. The number of hydrogen-bond acceptors (Lipinski definition) is 4. The topological polar surface area (TPSA) is 77.5 Å². The molecule has 0 radical (unpaired) electrons. The van der Waals surface area contributed by atoms with Crippen molar-refractivity contribution in [2.75, 3.05) is 24.6 Å². The van der Waals surface area contributed by atoms with Crippen LogP contribution in [0.1, 0.15) is 38.7 Å². The molecule has 1 atom stereocenters. The molecule has 1 aliphatic heterocycles. The summed E-state index contributed by atoms with van der Waals surface area (Å²) in [7, 11) is 0. The van der Waals surface area contributed by atoms with Crippen LogP contribution in [0.4, 0.5) is 10.6 Å². The van der Waals surface area contributed by atoms with Crippen LogP contribution in [-0.4, -0.2) is 41.9 Å². The van der Waals surface area contributed by atoms with Gasteiger partial charge in [-0.05, 0) is 43.7 Å². The van der Waals surface area contributed by atoms with Crippen molar-refractivity contribution in [2.45, 2.75) is 45.7 Å². The number of hydrogen-bond donors (Lipinski definition) is 3. The number of pyridine rings is 1. The first kappa shape index (κ1) is 17.5. The molecule has 0 aromatic carbocycles. The van der Waals surface area contributed by atoms with Crippen LogP contribution in [0.3, 0.4) is 0 Å². The predicted octanol–water partition coefficient (Wildman–Crippen LogP) is 1.89. The van der Waals surface area contributed by atoms with E-state index in [-0.39, 0.29) is 18.7 Å². The summed E-state index contributed by atoms with van der Waals surface area (Å²) in [5, 5.41) is 14.4. The molecule has 6 nitrogen and oxygen atoms in total. The smallest absolute Gasteiger partial charge is 0.315 e. The number of carbonyl (C=O) groups is 1. The fourth-order valence-electron chi connectivity index (χ4n) is 2.67. The maximum absolute atomic E-state index is 11.7. The Morgan fingerprint density at radius 2 is 2.17 bits per heavy atom. The largest absolute Gasteiger partial charge is 0.396 e. The van der Waals surface area contributed by atoms with E-state index in [0.29, 0.717) is 13.0 Å². The quantitative estimate of drug-likeness (QED) is 0.748. The molecule has 0 bridgehead atoms. The summed E-state index contributed by atoms with van der Waals surface area (Å²) in [6.07, 6.45) is 4.82. The number of nitrogens with zero attached hydrogens (tertiary/aromatic N) is 2. The first-order valence-electron chi connectivity index (χ1n) is 8.43. The van der Waals surface area contributed by atoms with Gasteiger partial charge in [-0.15, -0.1) is 0 Å². The third-order valence-corrected chi connectivity index (χ3v) is 4.31. The highest BCUT2D eigenvalue weighted by Crippen LogP contribution is 2.21. The Labute approximate surface area is 138 Å². The summed E-state index contributed by atoms with van der Waals surface area (Å²) < 4.78 is 0.